The maximum atomic E-state index is 13.1. The first-order chi connectivity index (χ1) is 12.4. The van der Waals surface area contributed by atoms with E-state index in [0.717, 1.165) is 12.3 Å². The number of amides is 1. The highest BCUT2D eigenvalue weighted by molar-refractivity contribution is 7.90. The SMILES string of the molecule is CC(Oc1ccc(S(C)(=O)=O)cc1)C(=O)Nc1ccc(Cl)cc1C(F)(F)F. The van der Waals surface area contributed by atoms with Gasteiger partial charge in [0.2, 0.25) is 0 Å². The molecule has 10 heteroatoms. The number of benzene rings is 2. The molecule has 0 bridgehead atoms. The van der Waals surface area contributed by atoms with Crippen LogP contribution in [0.1, 0.15) is 12.5 Å². The second kappa shape index (κ2) is 7.77. The maximum Gasteiger partial charge on any atom is 0.418 e. The molecule has 2 aromatic carbocycles. The molecule has 1 unspecified atom stereocenters. The van der Waals surface area contributed by atoms with Gasteiger partial charge in [0.15, 0.2) is 15.9 Å². The quantitative estimate of drug-likeness (QED) is 0.786. The Hall–Kier alpha value is -2.26. The van der Waals surface area contributed by atoms with E-state index in [2.05, 4.69) is 5.32 Å². The van der Waals surface area contributed by atoms with Gasteiger partial charge in [-0.05, 0) is 49.4 Å². The third-order valence-corrected chi connectivity index (χ3v) is 4.84. The van der Waals surface area contributed by atoms with E-state index in [-0.39, 0.29) is 15.7 Å². The van der Waals surface area contributed by atoms with E-state index in [0.29, 0.717) is 6.07 Å². The summed E-state index contributed by atoms with van der Waals surface area (Å²) in [5.41, 5.74) is -1.52. The first-order valence-corrected chi connectivity index (χ1v) is 9.79. The van der Waals surface area contributed by atoms with Gasteiger partial charge in [0.1, 0.15) is 5.75 Å². The number of anilines is 1. The van der Waals surface area contributed by atoms with E-state index >= 15 is 0 Å². The predicted octanol–water partition coefficient (Wildman–Crippen LogP) is 4.17. The molecular formula is C17H15ClF3NO4S. The van der Waals surface area contributed by atoms with Crippen molar-refractivity contribution in [3.05, 3.63) is 53.1 Å². The highest BCUT2D eigenvalue weighted by Crippen LogP contribution is 2.36. The lowest BCUT2D eigenvalue weighted by Gasteiger charge is -2.18. The molecular weight excluding hydrogens is 407 g/mol. The lowest BCUT2D eigenvalue weighted by molar-refractivity contribution is -0.137. The van der Waals surface area contributed by atoms with Gasteiger partial charge in [0.05, 0.1) is 16.1 Å². The van der Waals surface area contributed by atoms with Crippen LogP contribution in [0.15, 0.2) is 47.4 Å². The van der Waals surface area contributed by atoms with Crippen molar-refractivity contribution in [1.29, 1.82) is 0 Å². The highest BCUT2D eigenvalue weighted by atomic mass is 35.5. The second-order valence-electron chi connectivity index (χ2n) is 5.68. The summed E-state index contributed by atoms with van der Waals surface area (Å²) in [4.78, 5) is 12.2. The first-order valence-electron chi connectivity index (χ1n) is 7.52. The van der Waals surface area contributed by atoms with Crippen molar-refractivity contribution in [2.75, 3.05) is 11.6 Å². The molecule has 0 aliphatic heterocycles. The lowest BCUT2D eigenvalue weighted by Crippen LogP contribution is -2.31. The molecule has 146 valence electrons. The van der Waals surface area contributed by atoms with Crippen LogP contribution in [0.4, 0.5) is 18.9 Å². The van der Waals surface area contributed by atoms with Crippen LogP contribution in [-0.2, 0) is 20.8 Å². The van der Waals surface area contributed by atoms with Crippen molar-refractivity contribution < 1.29 is 31.1 Å². The van der Waals surface area contributed by atoms with Crippen LogP contribution in [0, 0.1) is 0 Å². The maximum absolute atomic E-state index is 13.1. The van der Waals surface area contributed by atoms with Gasteiger partial charge in [0.25, 0.3) is 5.91 Å². The smallest absolute Gasteiger partial charge is 0.418 e. The standard InChI is InChI=1S/C17H15ClF3NO4S/c1-10(26-12-4-6-13(7-5-12)27(2,24)25)16(23)22-15-8-3-11(18)9-14(15)17(19,20)21/h3-10H,1-2H3,(H,22,23). The van der Waals surface area contributed by atoms with E-state index in [9.17, 15) is 26.4 Å². The minimum absolute atomic E-state index is 0.0722. The summed E-state index contributed by atoms with van der Waals surface area (Å²) in [7, 11) is -3.38. The summed E-state index contributed by atoms with van der Waals surface area (Å²) in [6, 6.07) is 8.30. The molecule has 0 spiro atoms. The van der Waals surface area contributed by atoms with Gasteiger partial charge in [-0.2, -0.15) is 13.2 Å². The zero-order valence-electron chi connectivity index (χ0n) is 14.2. The molecule has 1 atom stereocenters. The third-order valence-electron chi connectivity index (χ3n) is 3.48. The molecule has 5 nitrogen and oxygen atoms in total. The Kier molecular flexibility index (Phi) is 6.06. The van der Waals surface area contributed by atoms with E-state index < -0.39 is 39.3 Å². The summed E-state index contributed by atoms with van der Waals surface area (Å²) in [6.07, 6.45) is -4.78. The molecule has 0 aliphatic rings. The topological polar surface area (TPSA) is 72.5 Å². The second-order valence-corrected chi connectivity index (χ2v) is 8.13. The van der Waals surface area contributed by atoms with Gasteiger partial charge in [0, 0.05) is 11.3 Å². The lowest BCUT2D eigenvalue weighted by atomic mass is 10.1. The zero-order valence-corrected chi connectivity index (χ0v) is 15.7. The van der Waals surface area contributed by atoms with Crippen molar-refractivity contribution in [2.24, 2.45) is 0 Å². The van der Waals surface area contributed by atoms with Crippen LogP contribution in [0.2, 0.25) is 5.02 Å². The molecule has 2 aromatic rings. The van der Waals surface area contributed by atoms with Gasteiger partial charge in [-0.25, -0.2) is 8.42 Å². The molecule has 0 saturated heterocycles. The minimum atomic E-state index is -4.70. The third kappa shape index (κ3) is 5.61. The Morgan fingerprint density at radius 3 is 2.26 bits per heavy atom. The van der Waals surface area contributed by atoms with Gasteiger partial charge in [-0.3, -0.25) is 4.79 Å². The molecule has 27 heavy (non-hydrogen) atoms. The molecule has 2 rings (SSSR count). The monoisotopic (exact) mass is 421 g/mol. The Morgan fingerprint density at radius 1 is 1.15 bits per heavy atom. The first kappa shape index (κ1) is 21.0. The number of hydrogen-bond acceptors (Lipinski definition) is 4. The normalized spacial score (nSPS) is 13.1. The Labute approximate surface area is 159 Å². The molecule has 0 fully saturated rings. The summed E-state index contributed by atoms with van der Waals surface area (Å²) in [5.74, 6) is -0.618. The van der Waals surface area contributed by atoms with Crippen molar-refractivity contribution in [3.8, 4) is 5.75 Å². The van der Waals surface area contributed by atoms with Crippen molar-refractivity contribution in [1.82, 2.24) is 0 Å². The Balaban J connectivity index is 2.13. The number of ether oxygens (including phenoxy) is 1. The van der Waals surface area contributed by atoms with Gasteiger partial charge < -0.3 is 10.1 Å². The number of alkyl halides is 3. The van der Waals surface area contributed by atoms with Gasteiger partial charge in [-0.15, -0.1) is 0 Å². The number of carbonyl (C=O) groups is 1. The van der Waals surface area contributed by atoms with Crippen LogP contribution in [-0.4, -0.2) is 26.7 Å². The van der Waals surface area contributed by atoms with E-state index in [4.69, 9.17) is 16.3 Å². The van der Waals surface area contributed by atoms with Crippen molar-refractivity contribution in [2.45, 2.75) is 24.1 Å². The molecule has 0 radical (unpaired) electrons. The molecule has 1 N–H and O–H groups in total. The average molecular weight is 422 g/mol. The molecule has 0 heterocycles. The average Bonchev–Trinajstić information content (AvgIpc) is 2.55. The highest BCUT2D eigenvalue weighted by Gasteiger charge is 2.34. The van der Waals surface area contributed by atoms with E-state index in [1.54, 1.807) is 0 Å². The summed E-state index contributed by atoms with van der Waals surface area (Å²) in [6.45, 7) is 1.35. The van der Waals surface area contributed by atoms with Crippen LogP contribution >= 0.6 is 11.6 Å². The predicted molar refractivity (Wildman–Crippen MR) is 94.7 cm³/mol. The fraction of sp³-hybridized carbons (Fsp3) is 0.235. The summed E-state index contributed by atoms with van der Waals surface area (Å²) >= 11 is 5.59. The van der Waals surface area contributed by atoms with E-state index in [1.807, 2.05) is 0 Å². The van der Waals surface area contributed by atoms with Crippen LogP contribution in [0.5, 0.6) is 5.75 Å². The van der Waals surface area contributed by atoms with Gasteiger partial charge >= 0.3 is 6.18 Å². The van der Waals surface area contributed by atoms with Crippen molar-refractivity contribution in [3.63, 3.8) is 0 Å². The zero-order chi connectivity index (χ0) is 20.4. The molecule has 0 saturated carbocycles. The molecule has 1 amide bonds. The number of halogens is 4. The number of nitrogens with one attached hydrogen (secondary N) is 1. The van der Waals surface area contributed by atoms with Crippen LogP contribution in [0.3, 0.4) is 0 Å². The van der Waals surface area contributed by atoms with Gasteiger partial charge in [-0.1, -0.05) is 11.6 Å². The largest absolute Gasteiger partial charge is 0.481 e. The molecule has 0 aromatic heterocycles. The van der Waals surface area contributed by atoms with E-state index in [1.165, 1.54) is 37.3 Å². The van der Waals surface area contributed by atoms with Crippen LogP contribution in [0.25, 0.3) is 0 Å². The molecule has 0 aliphatic carbocycles. The van der Waals surface area contributed by atoms with Crippen molar-refractivity contribution >= 4 is 33.0 Å². The Bertz CT molecular complexity index is 944. The number of rotatable bonds is 5. The minimum Gasteiger partial charge on any atom is -0.481 e. The number of sulfone groups is 1. The summed E-state index contributed by atoms with van der Waals surface area (Å²) in [5, 5.41) is 2.05. The fourth-order valence-corrected chi connectivity index (χ4v) is 2.92. The number of carbonyl (C=O) groups excluding carboxylic acids is 1. The fourth-order valence-electron chi connectivity index (χ4n) is 2.12. The Morgan fingerprint density at radius 2 is 1.74 bits per heavy atom. The number of hydrogen-bond donors (Lipinski definition) is 1. The van der Waals surface area contributed by atoms with Crippen LogP contribution < -0.4 is 10.1 Å². The summed E-state index contributed by atoms with van der Waals surface area (Å²) < 4.78 is 67.4.